The smallest absolute Gasteiger partial charge is 0.320 e. The van der Waals surface area contributed by atoms with Crippen molar-refractivity contribution in [1.82, 2.24) is 4.90 Å². The first-order chi connectivity index (χ1) is 14.3. The number of carboxylic acid groups (broad SMARTS) is 1. The lowest BCUT2D eigenvalue weighted by Gasteiger charge is -2.22. The van der Waals surface area contributed by atoms with Gasteiger partial charge >= 0.3 is 5.97 Å². The van der Waals surface area contributed by atoms with Gasteiger partial charge in [-0.1, -0.05) is 0 Å². The van der Waals surface area contributed by atoms with E-state index in [0.29, 0.717) is 24.3 Å². The lowest BCUT2D eigenvalue weighted by atomic mass is 10.1. The molecular weight excluding hydrogens is 501 g/mol. The van der Waals surface area contributed by atoms with Crippen LogP contribution in [0.1, 0.15) is 24.2 Å². The third-order valence-electron chi connectivity index (χ3n) is 5.31. The van der Waals surface area contributed by atoms with Crippen LogP contribution in [-0.2, 0) is 11.3 Å². The molecule has 1 aromatic heterocycles. The number of aliphatic carboxylic acids is 1. The molecule has 1 atom stereocenters. The van der Waals surface area contributed by atoms with E-state index in [9.17, 15) is 19.8 Å². The van der Waals surface area contributed by atoms with E-state index < -0.39 is 12.0 Å². The molecule has 30 heavy (non-hydrogen) atoms. The second-order valence-corrected chi connectivity index (χ2v) is 8.52. The van der Waals surface area contributed by atoms with E-state index in [-0.39, 0.29) is 40.2 Å². The maximum absolute atomic E-state index is 13.1. The number of hydrogen-bond donors (Lipinski definition) is 2. The van der Waals surface area contributed by atoms with E-state index in [1.165, 1.54) is 12.1 Å². The molecule has 1 aliphatic rings. The quantitative estimate of drug-likeness (QED) is 0.485. The van der Waals surface area contributed by atoms with Gasteiger partial charge in [0.15, 0.2) is 0 Å². The van der Waals surface area contributed by atoms with Crippen LogP contribution in [0, 0.1) is 10.5 Å². The first kappa shape index (κ1) is 20.7. The number of phenols is 1. The highest BCUT2D eigenvalue weighted by Gasteiger charge is 2.32. The molecule has 2 N–H and O–H groups in total. The number of aryl methyl sites for hydroxylation is 1. The molecular formula is C22H20INO6. The number of carbonyl (C=O) groups is 1. The Morgan fingerprint density at radius 2 is 2.00 bits per heavy atom. The number of aromatic hydroxyl groups is 1. The molecule has 1 unspecified atom stereocenters. The summed E-state index contributed by atoms with van der Waals surface area (Å²) in [4.78, 5) is 26.4. The Morgan fingerprint density at radius 3 is 2.70 bits per heavy atom. The van der Waals surface area contributed by atoms with Crippen molar-refractivity contribution < 1.29 is 24.2 Å². The summed E-state index contributed by atoms with van der Waals surface area (Å²) in [5.41, 5.74) is 0.315. The summed E-state index contributed by atoms with van der Waals surface area (Å²) in [5.74, 6) is -0.0324. The monoisotopic (exact) mass is 521 g/mol. The topological polar surface area (TPSA) is 100 Å². The summed E-state index contributed by atoms with van der Waals surface area (Å²) in [6.07, 6.45) is 1.32. The highest BCUT2D eigenvalue weighted by Crippen LogP contribution is 2.33. The minimum Gasteiger partial charge on any atom is -0.507 e. The molecule has 1 fully saturated rings. The highest BCUT2D eigenvalue weighted by molar-refractivity contribution is 14.1. The number of hydrogen-bond acceptors (Lipinski definition) is 6. The fourth-order valence-electron chi connectivity index (χ4n) is 3.78. The summed E-state index contributed by atoms with van der Waals surface area (Å²) in [5, 5.41) is 20.1. The molecule has 0 amide bonds. The first-order valence-corrected chi connectivity index (χ1v) is 10.6. The normalized spacial score (nSPS) is 16.8. The molecule has 0 bridgehead atoms. The minimum absolute atomic E-state index is 0.0348. The molecule has 0 radical (unpaired) electrons. The van der Waals surface area contributed by atoms with Gasteiger partial charge in [0.1, 0.15) is 28.9 Å². The Bertz CT molecular complexity index is 1170. The van der Waals surface area contributed by atoms with Crippen molar-refractivity contribution in [2.75, 3.05) is 6.54 Å². The molecule has 0 aliphatic carbocycles. The predicted molar refractivity (Wildman–Crippen MR) is 119 cm³/mol. The summed E-state index contributed by atoms with van der Waals surface area (Å²) in [7, 11) is 0. The van der Waals surface area contributed by atoms with Crippen LogP contribution in [0.5, 0.6) is 17.2 Å². The van der Waals surface area contributed by atoms with Gasteiger partial charge in [0.2, 0.25) is 11.2 Å². The second-order valence-electron chi connectivity index (χ2n) is 7.28. The average Bonchev–Trinajstić information content (AvgIpc) is 3.17. The van der Waals surface area contributed by atoms with Gasteiger partial charge in [-0.2, -0.15) is 0 Å². The summed E-state index contributed by atoms with van der Waals surface area (Å²) < 4.78 is 12.8. The molecule has 2 heterocycles. The van der Waals surface area contributed by atoms with Crippen molar-refractivity contribution in [1.29, 1.82) is 0 Å². The maximum atomic E-state index is 13.1. The van der Waals surface area contributed by atoms with Crippen LogP contribution in [-0.4, -0.2) is 33.7 Å². The van der Waals surface area contributed by atoms with Crippen molar-refractivity contribution in [2.24, 2.45) is 0 Å². The fourth-order valence-corrected chi connectivity index (χ4v) is 4.14. The van der Waals surface area contributed by atoms with Gasteiger partial charge in [-0.25, -0.2) is 0 Å². The zero-order valence-corrected chi connectivity index (χ0v) is 18.4. The van der Waals surface area contributed by atoms with Gasteiger partial charge < -0.3 is 19.4 Å². The van der Waals surface area contributed by atoms with Crippen LogP contribution in [0.2, 0.25) is 0 Å². The Hall–Kier alpha value is -2.59. The molecule has 7 nitrogen and oxygen atoms in total. The number of rotatable bonds is 5. The fraction of sp³-hybridized carbons (Fsp3) is 0.273. The first-order valence-electron chi connectivity index (χ1n) is 9.53. The molecule has 0 saturated carbocycles. The third kappa shape index (κ3) is 3.89. The molecule has 4 rings (SSSR count). The van der Waals surface area contributed by atoms with Gasteiger partial charge in [-0.3, -0.25) is 14.5 Å². The number of nitrogens with zero attached hydrogens (tertiary/aromatic N) is 1. The molecule has 156 valence electrons. The van der Waals surface area contributed by atoms with Gasteiger partial charge in [0.05, 0.1) is 10.9 Å². The minimum atomic E-state index is -0.891. The summed E-state index contributed by atoms with van der Waals surface area (Å²) >= 11 is 2.18. The van der Waals surface area contributed by atoms with Gasteiger partial charge in [-0.15, -0.1) is 0 Å². The van der Waals surface area contributed by atoms with Crippen LogP contribution in [0.3, 0.4) is 0 Å². The van der Waals surface area contributed by atoms with Gasteiger partial charge in [0.25, 0.3) is 0 Å². The van der Waals surface area contributed by atoms with E-state index in [0.717, 1.165) is 9.99 Å². The van der Waals surface area contributed by atoms with E-state index in [4.69, 9.17) is 9.15 Å². The lowest BCUT2D eigenvalue weighted by Crippen LogP contribution is -2.35. The number of phenolic OH excluding ortho intramolecular Hbond substituents is 1. The molecule has 2 aromatic carbocycles. The van der Waals surface area contributed by atoms with Gasteiger partial charge in [0, 0.05) is 10.1 Å². The second kappa shape index (κ2) is 8.27. The summed E-state index contributed by atoms with van der Waals surface area (Å²) in [6.45, 7) is 2.41. The van der Waals surface area contributed by atoms with Crippen molar-refractivity contribution in [3.63, 3.8) is 0 Å². The van der Waals surface area contributed by atoms with Crippen LogP contribution in [0.25, 0.3) is 11.0 Å². The SMILES string of the molecule is Cc1oc2c(CN3CCCC3C(=O)O)c(O)ccc2c(=O)c1Oc1ccc(I)cc1. The number of ether oxygens (including phenoxy) is 1. The van der Waals surface area contributed by atoms with Crippen LogP contribution in [0.15, 0.2) is 45.6 Å². The van der Waals surface area contributed by atoms with Crippen molar-refractivity contribution >= 4 is 39.5 Å². The van der Waals surface area contributed by atoms with Gasteiger partial charge in [-0.05, 0) is 85.3 Å². The zero-order chi connectivity index (χ0) is 21.4. The Labute approximate surface area is 186 Å². The van der Waals surface area contributed by atoms with E-state index in [1.54, 1.807) is 24.0 Å². The van der Waals surface area contributed by atoms with Crippen LogP contribution >= 0.6 is 22.6 Å². The zero-order valence-electron chi connectivity index (χ0n) is 16.2. The average molecular weight is 521 g/mol. The predicted octanol–water partition coefficient (Wildman–Crippen LogP) is 4.25. The maximum Gasteiger partial charge on any atom is 0.320 e. The lowest BCUT2D eigenvalue weighted by molar-refractivity contribution is -0.142. The van der Waals surface area contributed by atoms with Crippen molar-refractivity contribution in [3.05, 3.63) is 61.5 Å². The number of benzene rings is 2. The number of halogens is 1. The number of likely N-dealkylation sites (tertiary alicyclic amines) is 1. The number of fused-ring (bicyclic) bond motifs is 1. The van der Waals surface area contributed by atoms with Crippen LogP contribution < -0.4 is 10.2 Å². The van der Waals surface area contributed by atoms with Crippen molar-refractivity contribution in [3.8, 4) is 17.2 Å². The third-order valence-corrected chi connectivity index (χ3v) is 6.02. The highest BCUT2D eigenvalue weighted by atomic mass is 127. The Morgan fingerprint density at radius 1 is 1.27 bits per heavy atom. The van der Waals surface area contributed by atoms with E-state index >= 15 is 0 Å². The largest absolute Gasteiger partial charge is 0.507 e. The van der Waals surface area contributed by atoms with Crippen molar-refractivity contribution in [2.45, 2.75) is 32.4 Å². The molecule has 0 spiro atoms. The Kier molecular flexibility index (Phi) is 5.70. The van der Waals surface area contributed by atoms with Crippen LogP contribution in [0.4, 0.5) is 0 Å². The van der Waals surface area contributed by atoms with E-state index in [2.05, 4.69) is 22.6 Å². The Balaban J connectivity index is 1.76. The standard InChI is InChI=1S/C22H20INO6/c1-12-20(30-14-6-4-13(23)5-7-14)19(26)15-8-9-18(25)16(21(15)29-12)11-24-10-2-3-17(24)22(27)28/h4-9,17,25H,2-3,10-11H2,1H3,(H,27,28). The number of carboxylic acids is 1. The van der Waals surface area contributed by atoms with E-state index in [1.807, 2.05) is 12.1 Å². The molecule has 3 aromatic rings. The molecule has 8 heteroatoms. The molecule has 1 aliphatic heterocycles. The summed E-state index contributed by atoms with van der Waals surface area (Å²) in [6, 6.07) is 9.61. The molecule has 1 saturated heterocycles.